The van der Waals surface area contributed by atoms with Crippen molar-refractivity contribution in [1.29, 1.82) is 0 Å². The van der Waals surface area contributed by atoms with E-state index in [9.17, 15) is 0 Å². The lowest BCUT2D eigenvalue weighted by Crippen LogP contribution is -2.47. The monoisotopic (exact) mass is 252 g/mol. The van der Waals surface area contributed by atoms with Gasteiger partial charge in [0.1, 0.15) is 0 Å². The summed E-state index contributed by atoms with van der Waals surface area (Å²) in [5, 5.41) is 9.38. The molecule has 1 aliphatic heterocycles. The summed E-state index contributed by atoms with van der Waals surface area (Å²) in [6.45, 7) is 10.3. The van der Waals surface area contributed by atoms with E-state index in [1.807, 2.05) is 11.3 Å². The predicted molar refractivity (Wildman–Crippen MR) is 76.0 cm³/mol. The molecule has 96 valence electrons. The first kappa shape index (κ1) is 13.1. The minimum atomic E-state index is 0.246. The third kappa shape index (κ3) is 3.30. The van der Waals surface area contributed by atoms with Crippen molar-refractivity contribution in [3.63, 3.8) is 0 Å². The second-order valence-corrected chi connectivity index (χ2v) is 6.66. The van der Waals surface area contributed by atoms with Gasteiger partial charge < -0.3 is 10.6 Å². The van der Waals surface area contributed by atoms with Crippen molar-refractivity contribution >= 4 is 11.3 Å². The lowest BCUT2D eigenvalue weighted by atomic mass is 9.88. The highest BCUT2D eigenvalue weighted by Gasteiger charge is 2.25. The third-order valence-electron chi connectivity index (χ3n) is 3.61. The SMILES string of the molecule is Cc1ccsc1C(C)(C)CNC1CCCNC1. The van der Waals surface area contributed by atoms with Gasteiger partial charge in [-0.1, -0.05) is 13.8 Å². The summed E-state index contributed by atoms with van der Waals surface area (Å²) in [6, 6.07) is 2.88. The fourth-order valence-electron chi connectivity index (χ4n) is 2.57. The molecule has 0 spiro atoms. The van der Waals surface area contributed by atoms with Crippen LogP contribution in [0, 0.1) is 6.92 Å². The van der Waals surface area contributed by atoms with Crippen LogP contribution in [0.1, 0.15) is 37.1 Å². The highest BCUT2D eigenvalue weighted by atomic mass is 32.1. The average Bonchev–Trinajstić information content (AvgIpc) is 2.75. The molecular weight excluding hydrogens is 228 g/mol. The van der Waals surface area contributed by atoms with Crippen LogP contribution in [-0.4, -0.2) is 25.7 Å². The molecule has 1 fully saturated rings. The first-order chi connectivity index (χ1) is 8.09. The number of rotatable bonds is 4. The van der Waals surface area contributed by atoms with Crippen molar-refractivity contribution in [2.45, 2.75) is 45.1 Å². The number of hydrogen-bond acceptors (Lipinski definition) is 3. The molecular formula is C14H24N2S. The molecule has 17 heavy (non-hydrogen) atoms. The van der Waals surface area contributed by atoms with Gasteiger partial charge in [0.05, 0.1) is 0 Å². The van der Waals surface area contributed by atoms with Crippen molar-refractivity contribution in [1.82, 2.24) is 10.6 Å². The Labute approximate surface area is 109 Å². The molecule has 1 aromatic heterocycles. The average molecular weight is 252 g/mol. The summed E-state index contributed by atoms with van der Waals surface area (Å²) in [5.41, 5.74) is 1.68. The molecule has 0 amide bonds. The molecule has 2 rings (SSSR count). The van der Waals surface area contributed by atoms with E-state index in [0.717, 1.165) is 13.1 Å². The summed E-state index contributed by atoms with van der Waals surface area (Å²) < 4.78 is 0. The van der Waals surface area contributed by atoms with E-state index in [4.69, 9.17) is 0 Å². The van der Waals surface area contributed by atoms with Gasteiger partial charge >= 0.3 is 0 Å². The van der Waals surface area contributed by atoms with Crippen LogP contribution in [0.2, 0.25) is 0 Å². The standard InChI is InChI=1S/C14H24N2S/c1-11-6-8-17-13(11)14(2,3)10-16-12-5-4-7-15-9-12/h6,8,12,15-16H,4-5,7,9-10H2,1-3H3. The predicted octanol–water partition coefficient (Wildman–Crippen LogP) is 2.68. The van der Waals surface area contributed by atoms with E-state index in [-0.39, 0.29) is 5.41 Å². The van der Waals surface area contributed by atoms with Gasteiger partial charge in [-0.05, 0) is 43.3 Å². The quantitative estimate of drug-likeness (QED) is 0.861. The van der Waals surface area contributed by atoms with Crippen molar-refractivity contribution in [3.8, 4) is 0 Å². The van der Waals surface area contributed by atoms with Gasteiger partial charge in [0.15, 0.2) is 0 Å². The van der Waals surface area contributed by atoms with Crippen LogP contribution in [0.25, 0.3) is 0 Å². The molecule has 1 aliphatic rings. The molecule has 3 heteroatoms. The molecule has 0 aliphatic carbocycles. The number of thiophene rings is 1. The molecule has 0 radical (unpaired) electrons. The maximum absolute atomic E-state index is 3.72. The van der Waals surface area contributed by atoms with Crippen molar-refractivity contribution < 1.29 is 0 Å². The van der Waals surface area contributed by atoms with Crippen LogP contribution in [0.15, 0.2) is 11.4 Å². The molecule has 2 N–H and O–H groups in total. The summed E-state index contributed by atoms with van der Waals surface area (Å²) >= 11 is 1.89. The first-order valence-corrected chi connectivity index (χ1v) is 7.46. The van der Waals surface area contributed by atoms with Crippen molar-refractivity contribution in [2.24, 2.45) is 0 Å². The number of nitrogens with one attached hydrogen (secondary N) is 2. The smallest absolute Gasteiger partial charge is 0.0193 e. The highest BCUT2D eigenvalue weighted by molar-refractivity contribution is 7.10. The van der Waals surface area contributed by atoms with Crippen LogP contribution in [0.5, 0.6) is 0 Å². The Hall–Kier alpha value is -0.380. The van der Waals surface area contributed by atoms with Gasteiger partial charge in [-0.15, -0.1) is 11.3 Å². The Morgan fingerprint density at radius 2 is 2.35 bits per heavy atom. The number of hydrogen-bond donors (Lipinski definition) is 2. The minimum Gasteiger partial charge on any atom is -0.315 e. The number of piperidine rings is 1. The topological polar surface area (TPSA) is 24.1 Å². The summed E-state index contributed by atoms with van der Waals surface area (Å²) in [4.78, 5) is 1.52. The van der Waals surface area contributed by atoms with Gasteiger partial charge in [-0.25, -0.2) is 0 Å². The lowest BCUT2D eigenvalue weighted by Gasteiger charge is -2.30. The van der Waals surface area contributed by atoms with E-state index in [0.29, 0.717) is 6.04 Å². The molecule has 2 nitrogen and oxygen atoms in total. The minimum absolute atomic E-state index is 0.246. The summed E-state index contributed by atoms with van der Waals surface area (Å²) in [5.74, 6) is 0. The molecule has 0 saturated carbocycles. The number of aryl methyl sites for hydroxylation is 1. The van der Waals surface area contributed by atoms with E-state index >= 15 is 0 Å². The first-order valence-electron chi connectivity index (χ1n) is 6.58. The lowest BCUT2D eigenvalue weighted by molar-refractivity contribution is 0.355. The van der Waals surface area contributed by atoms with Gasteiger partial charge in [-0.3, -0.25) is 0 Å². The van der Waals surface area contributed by atoms with Gasteiger partial charge in [0, 0.05) is 29.4 Å². The van der Waals surface area contributed by atoms with Gasteiger partial charge in [-0.2, -0.15) is 0 Å². The molecule has 1 atom stereocenters. The molecule has 0 aromatic carbocycles. The van der Waals surface area contributed by atoms with E-state index in [2.05, 4.69) is 42.9 Å². The molecule has 0 bridgehead atoms. The van der Waals surface area contributed by atoms with Crippen LogP contribution in [0.4, 0.5) is 0 Å². The molecule has 2 heterocycles. The zero-order valence-electron chi connectivity index (χ0n) is 11.2. The maximum atomic E-state index is 3.72. The Morgan fingerprint density at radius 3 is 2.94 bits per heavy atom. The second-order valence-electron chi connectivity index (χ2n) is 5.74. The Kier molecular flexibility index (Phi) is 4.23. The fraction of sp³-hybridized carbons (Fsp3) is 0.714. The second kappa shape index (κ2) is 5.51. The summed E-state index contributed by atoms with van der Waals surface area (Å²) in [7, 11) is 0. The largest absolute Gasteiger partial charge is 0.315 e. The molecule has 1 unspecified atom stereocenters. The van der Waals surface area contributed by atoms with Gasteiger partial charge in [0.2, 0.25) is 0 Å². The third-order valence-corrected chi connectivity index (χ3v) is 4.99. The zero-order valence-corrected chi connectivity index (χ0v) is 12.0. The molecule has 1 saturated heterocycles. The van der Waals surface area contributed by atoms with Crippen molar-refractivity contribution in [3.05, 3.63) is 21.9 Å². The van der Waals surface area contributed by atoms with Crippen molar-refractivity contribution in [2.75, 3.05) is 19.6 Å². The van der Waals surface area contributed by atoms with Crippen LogP contribution in [0.3, 0.4) is 0 Å². The van der Waals surface area contributed by atoms with Gasteiger partial charge in [0.25, 0.3) is 0 Å². The zero-order chi connectivity index (χ0) is 12.3. The van der Waals surface area contributed by atoms with Crippen LogP contribution < -0.4 is 10.6 Å². The van der Waals surface area contributed by atoms with E-state index < -0.39 is 0 Å². The van der Waals surface area contributed by atoms with Crippen LogP contribution >= 0.6 is 11.3 Å². The van der Waals surface area contributed by atoms with E-state index in [1.165, 1.54) is 29.8 Å². The van der Waals surface area contributed by atoms with E-state index in [1.54, 1.807) is 0 Å². The molecule has 1 aromatic rings. The Balaban J connectivity index is 1.91. The highest BCUT2D eigenvalue weighted by Crippen LogP contribution is 2.30. The van der Waals surface area contributed by atoms with Crippen LogP contribution in [-0.2, 0) is 5.41 Å². The normalized spacial score (nSPS) is 21.7. The Morgan fingerprint density at radius 1 is 1.53 bits per heavy atom. The Bertz CT molecular complexity index is 351. The fourth-order valence-corrected chi connectivity index (χ4v) is 3.63. The summed E-state index contributed by atoms with van der Waals surface area (Å²) in [6.07, 6.45) is 2.61. The maximum Gasteiger partial charge on any atom is 0.0193 e.